The first kappa shape index (κ1) is 15.6. The van der Waals surface area contributed by atoms with Gasteiger partial charge in [-0.3, -0.25) is 9.48 Å². The lowest BCUT2D eigenvalue weighted by Gasteiger charge is -2.32. The van der Waals surface area contributed by atoms with E-state index in [-0.39, 0.29) is 11.9 Å². The molecule has 4 rings (SSSR count). The Morgan fingerprint density at radius 3 is 2.96 bits per heavy atom. The number of aromatic nitrogens is 5. The lowest BCUT2D eigenvalue weighted by molar-refractivity contribution is 0.0666. The van der Waals surface area contributed by atoms with Crippen LogP contribution in [0, 0.1) is 6.92 Å². The molecule has 128 valence electrons. The molecule has 3 heterocycles. The Morgan fingerprint density at radius 1 is 1.24 bits per heavy atom. The number of rotatable bonds is 3. The van der Waals surface area contributed by atoms with Gasteiger partial charge in [0, 0.05) is 25.5 Å². The minimum atomic E-state index is -0.0734. The van der Waals surface area contributed by atoms with Crippen molar-refractivity contribution in [3.05, 3.63) is 60.2 Å². The number of benzene rings is 1. The van der Waals surface area contributed by atoms with E-state index in [1.165, 1.54) is 4.80 Å². The topological polar surface area (TPSA) is 68.8 Å². The molecule has 1 atom stereocenters. The molecule has 0 aliphatic carbocycles. The summed E-state index contributed by atoms with van der Waals surface area (Å²) in [6.07, 6.45) is 7.26. The average Bonchev–Trinajstić information content (AvgIpc) is 3.33. The van der Waals surface area contributed by atoms with Gasteiger partial charge in [0.15, 0.2) is 5.69 Å². The van der Waals surface area contributed by atoms with Crippen molar-refractivity contribution < 1.29 is 4.79 Å². The maximum Gasteiger partial charge on any atom is 0.276 e. The molecule has 1 amide bonds. The summed E-state index contributed by atoms with van der Waals surface area (Å²) < 4.78 is 1.93. The van der Waals surface area contributed by atoms with E-state index in [2.05, 4.69) is 15.3 Å². The Morgan fingerprint density at radius 2 is 2.16 bits per heavy atom. The Kier molecular flexibility index (Phi) is 4.05. The highest BCUT2D eigenvalue weighted by molar-refractivity contribution is 5.92. The molecule has 0 saturated carbocycles. The molecule has 7 nitrogen and oxygen atoms in total. The number of piperidine rings is 1. The van der Waals surface area contributed by atoms with Gasteiger partial charge in [-0.05, 0) is 43.5 Å². The Bertz CT molecular complexity index is 869. The van der Waals surface area contributed by atoms with E-state index < -0.39 is 0 Å². The Balaban J connectivity index is 1.51. The third-order valence-corrected chi connectivity index (χ3v) is 4.53. The molecule has 0 radical (unpaired) electrons. The zero-order chi connectivity index (χ0) is 17.2. The third-order valence-electron chi connectivity index (χ3n) is 4.53. The van der Waals surface area contributed by atoms with Crippen molar-refractivity contribution in [1.29, 1.82) is 0 Å². The van der Waals surface area contributed by atoms with Gasteiger partial charge in [-0.2, -0.15) is 15.0 Å². The molecular weight excluding hydrogens is 316 g/mol. The van der Waals surface area contributed by atoms with Crippen LogP contribution in [-0.4, -0.2) is 48.7 Å². The summed E-state index contributed by atoms with van der Waals surface area (Å²) in [4.78, 5) is 16.2. The normalized spacial score (nSPS) is 17.6. The van der Waals surface area contributed by atoms with E-state index in [4.69, 9.17) is 0 Å². The number of carbonyl (C=O) groups excluding carboxylic acids is 1. The number of nitrogens with zero attached hydrogens (tertiary/aromatic N) is 6. The summed E-state index contributed by atoms with van der Waals surface area (Å²) in [5.41, 5.74) is 2.36. The summed E-state index contributed by atoms with van der Waals surface area (Å²) in [7, 11) is 0. The van der Waals surface area contributed by atoms with Crippen LogP contribution in [0.15, 0.2) is 48.9 Å². The van der Waals surface area contributed by atoms with Gasteiger partial charge in [0.05, 0.1) is 17.9 Å². The molecule has 1 unspecified atom stereocenters. The fraction of sp³-hybridized carbons (Fsp3) is 0.333. The molecule has 0 spiro atoms. The van der Waals surface area contributed by atoms with E-state index in [1.54, 1.807) is 12.4 Å². The largest absolute Gasteiger partial charge is 0.335 e. The van der Waals surface area contributed by atoms with Gasteiger partial charge in [0.2, 0.25) is 0 Å². The summed E-state index contributed by atoms with van der Waals surface area (Å²) in [5, 5.41) is 12.9. The number of amides is 1. The minimum absolute atomic E-state index is 0.0734. The molecule has 1 aliphatic rings. The number of hydrogen-bond acceptors (Lipinski definition) is 4. The van der Waals surface area contributed by atoms with Gasteiger partial charge in [0.1, 0.15) is 0 Å². The van der Waals surface area contributed by atoms with Crippen LogP contribution in [0.25, 0.3) is 5.69 Å². The second-order valence-electron chi connectivity index (χ2n) is 6.39. The summed E-state index contributed by atoms with van der Waals surface area (Å²) in [6, 6.07) is 10.0. The predicted molar refractivity (Wildman–Crippen MR) is 92.5 cm³/mol. The number of carbonyl (C=O) groups is 1. The fourth-order valence-electron chi connectivity index (χ4n) is 3.25. The lowest BCUT2D eigenvalue weighted by Crippen LogP contribution is -2.41. The van der Waals surface area contributed by atoms with Crippen LogP contribution >= 0.6 is 0 Å². The van der Waals surface area contributed by atoms with Crippen LogP contribution < -0.4 is 0 Å². The van der Waals surface area contributed by atoms with Crippen LogP contribution in [0.5, 0.6) is 0 Å². The molecule has 2 aromatic heterocycles. The van der Waals surface area contributed by atoms with Gasteiger partial charge in [-0.1, -0.05) is 12.1 Å². The van der Waals surface area contributed by atoms with Crippen molar-refractivity contribution in [2.45, 2.75) is 25.8 Å². The van der Waals surface area contributed by atoms with E-state index in [9.17, 15) is 4.79 Å². The second kappa shape index (κ2) is 6.51. The molecular formula is C18H20N6O. The van der Waals surface area contributed by atoms with Gasteiger partial charge < -0.3 is 4.90 Å². The summed E-state index contributed by atoms with van der Waals surface area (Å²) in [5.74, 6) is -0.0734. The molecule has 1 aromatic carbocycles. The van der Waals surface area contributed by atoms with E-state index >= 15 is 0 Å². The third kappa shape index (κ3) is 3.17. The maximum atomic E-state index is 12.8. The average molecular weight is 336 g/mol. The Labute approximate surface area is 145 Å². The first-order valence-electron chi connectivity index (χ1n) is 8.48. The van der Waals surface area contributed by atoms with E-state index in [1.807, 2.05) is 53.0 Å². The smallest absolute Gasteiger partial charge is 0.276 e. The monoisotopic (exact) mass is 336 g/mol. The highest BCUT2D eigenvalue weighted by Gasteiger charge is 2.27. The van der Waals surface area contributed by atoms with Crippen molar-refractivity contribution >= 4 is 5.91 Å². The molecule has 3 aromatic rings. The lowest BCUT2D eigenvalue weighted by atomic mass is 10.1. The van der Waals surface area contributed by atoms with Crippen molar-refractivity contribution in [3.8, 4) is 5.69 Å². The zero-order valence-electron chi connectivity index (χ0n) is 14.1. The van der Waals surface area contributed by atoms with E-state index in [0.717, 1.165) is 30.6 Å². The number of hydrogen-bond donors (Lipinski definition) is 0. The summed E-state index contributed by atoms with van der Waals surface area (Å²) >= 11 is 0. The van der Waals surface area contributed by atoms with Gasteiger partial charge in [0.25, 0.3) is 5.91 Å². The van der Waals surface area contributed by atoms with Crippen LogP contribution in [0.4, 0.5) is 0 Å². The quantitative estimate of drug-likeness (QED) is 0.736. The second-order valence-corrected chi connectivity index (χ2v) is 6.39. The molecule has 0 N–H and O–H groups in total. The maximum absolute atomic E-state index is 12.8. The molecule has 7 heteroatoms. The predicted octanol–water partition coefficient (Wildman–Crippen LogP) is 2.25. The van der Waals surface area contributed by atoms with Crippen molar-refractivity contribution in [3.63, 3.8) is 0 Å². The molecule has 1 fully saturated rings. The molecule has 25 heavy (non-hydrogen) atoms. The standard InChI is InChI=1S/C18H20N6O/c1-14-5-2-6-15(11-14)24-20-12-17(21-24)18(25)22-9-3-7-16(13-22)23-10-4-8-19-23/h2,4-6,8,10-12,16H,3,7,9,13H2,1H3. The van der Waals surface area contributed by atoms with Crippen molar-refractivity contribution in [2.75, 3.05) is 13.1 Å². The van der Waals surface area contributed by atoms with Crippen LogP contribution in [0.1, 0.15) is 34.9 Å². The molecule has 0 bridgehead atoms. The van der Waals surface area contributed by atoms with Gasteiger partial charge in [-0.25, -0.2) is 0 Å². The summed E-state index contributed by atoms with van der Waals surface area (Å²) in [6.45, 7) is 3.41. The van der Waals surface area contributed by atoms with E-state index in [0.29, 0.717) is 12.2 Å². The van der Waals surface area contributed by atoms with Gasteiger partial charge in [-0.15, -0.1) is 5.10 Å². The van der Waals surface area contributed by atoms with Crippen molar-refractivity contribution in [1.82, 2.24) is 29.7 Å². The Hall–Kier alpha value is -2.96. The van der Waals surface area contributed by atoms with Crippen LogP contribution in [0.3, 0.4) is 0 Å². The minimum Gasteiger partial charge on any atom is -0.335 e. The SMILES string of the molecule is Cc1cccc(-n2ncc(C(=O)N3CCCC(n4cccn4)C3)n2)c1. The zero-order valence-corrected chi connectivity index (χ0v) is 14.1. The number of likely N-dealkylation sites (tertiary alicyclic amines) is 1. The highest BCUT2D eigenvalue weighted by Crippen LogP contribution is 2.21. The first-order valence-corrected chi connectivity index (χ1v) is 8.48. The highest BCUT2D eigenvalue weighted by atomic mass is 16.2. The molecule has 1 saturated heterocycles. The van der Waals surface area contributed by atoms with Crippen molar-refractivity contribution in [2.24, 2.45) is 0 Å². The fourth-order valence-corrected chi connectivity index (χ4v) is 3.25. The van der Waals surface area contributed by atoms with Crippen LogP contribution in [-0.2, 0) is 0 Å². The van der Waals surface area contributed by atoms with Crippen LogP contribution in [0.2, 0.25) is 0 Å². The van der Waals surface area contributed by atoms with Gasteiger partial charge >= 0.3 is 0 Å². The number of aryl methyl sites for hydroxylation is 1. The first-order chi connectivity index (χ1) is 12.2. The molecule has 1 aliphatic heterocycles.